The smallest absolute Gasteiger partial charge is 0.218 e. The Morgan fingerprint density at radius 1 is 0.685 bits per heavy atom. The van der Waals surface area contributed by atoms with Gasteiger partial charge in [0.2, 0.25) is 11.8 Å². The van der Waals surface area contributed by atoms with E-state index in [9.17, 15) is 18.6 Å². The second-order valence-corrected chi connectivity index (χ2v) is 20.0. The summed E-state index contributed by atoms with van der Waals surface area (Å²) in [6.45, 7) is 11.6. The van der Waals surface area contributed by atoms with E-state index in [2.05, 4.69) is 4.72 Å². The molecular formula is C41H53Cl2N3O6S2. The van der Waals surface area contributed by atoms with Gasteiger partial charge in [0.15, 0.2) is 0 Å². The Balaban J connectivity index is 1.73. The highest BCUT2D eigenvalue weighted by Crippen LogP contribution is 2.43. The molecular weight excluding hydrogens is 766 g/mol. The van der Waals surface area contributed by atoms with Crippen molar-refractivity contribution in [1.29, 1.82) is 0 Å². The number of methoxy groups -OCH3 is 2. The van der Waals surface area contributed by atoms with Gasteiger partial charge in [-0.05, 0) is 85.4 Å². The van der Waals surface area contributed by atoms with Crippen LogP contribution in [0, 0.1) is 0 Å². The Morgan fingerprint density at radius 2 is 1.15 bits per heavy atom. The molecule has 2 aromatic carbocycles. The zero-order valence-electron chi connectivity index (χ0n) is 32.4. The minimum atomic E-state index is -1.36. The van der Waals surface area contributed by atoms with Gasteiger partial charge in [0.1, 0.15) is 0 Å². The van der Waals surface area contributed by atoms with Crippen molar-refractivity contribution >= 4 is 45.0 Å². The molecule has 4 rings (SSSR count). The number of aliphatic hydroxyl groups excluding tert-OH is 2. The second-order valence-electron chi connectivity index (χ2n) is 15.0. The molecule has 0 radical (unpaired) electrons. The maximum atomic E-state index is 13.2. The van der Waals surface area contributed by atoms with E-state index in [0.29, 0.717) is 86.9 Å². The zero-order valence-corrected chi connectivity index (χ0v) is 35.5. The largest absolute Gasteiger partial charge is 0.481 e. The van der Waals surface area contributed by atoms with Gasteiger partial charge in [0.25, 0.3) is 0 Å². The first kappa shape index (κ1) is 43.8. The minimum absolute atomic E-state index is 0.00195. The number of nitrogens with one attached hydrogen (secondary N) is 1. The van der Waals surface area contributed by atoms with Gasteiger partial charge >= 0.3 is 0 Å². The summed E-state index contributed by atoms with van der Waals surface area (Å²) in [4.78, 5) is 9.71. The third-order valence-corrected chi connectivity index (χ3v) is 13.5. The molecule has 0 spiro atoms. The van der Waals surface area contributed by atoms with E-state index in [0.717, 1.165) is 11.1 Å². The Kier molecular flexibility index (Phi) is 15.7. The molecule has 0 aliphatic heterocycles. The summed E-state index contributed by atoms with van der Waals surface area (Å²) in [5.74, 6) is 1.09. The lowest BCUT2D eigenvalue weighted by Gasteiger charge is -2.25. The van der Waals surface area contributed by atoms with Gasteiger partial charge in [-0.1, -0.05) is 65.7 Å². The Labute approximate surface area is 335 Å². The average Bonchev–Trinajstić information content (AvgIpc) is 3.14. The van der Waals surface area contributed by atoms with E-state index in [1.807, 2.05) is 102 Å². The molecule has 0 amide bonds. The van der Waals surface area contributed by atoms with Crippen LogP contribution in [0.2, 0.25) is 10.0 Å². The molecule has 0 bridgehead atoms. The lowest BCUT2D eigenvalue weighted by atomic mass is 9.95. The van der Waals surface area contributed by atoms with Crippen molar-refractivity contribution in [2.45, 2.75) is 88.7 Å². The summed E-state index contributed by atoms with van der Waals surface area (Å²) in [6, 6.07) is 18.6. The molecule has 0 aliphatic carbocycles. The van der Waals surface area contributed by atoms with Gasteiger partial charge in [-0.3, -0.25) is 4.21 Å². The van der Waals surface area contributed by atoms with Crippen LogP contribution in [0.15, 0.2) is 60.7 Å². The second kappa shape index (κ2) is 19.3. The number of aliphatic hydroxyl groups is 2. The van der Waals surface area contributed by atoms with Crippen molar-refractivity contribution in [3.05, 3.63) is 81.8 Å². The zero-order chi connectivity index (χ0) is 39.8. The fourth-order valence-electron chi connectivity index (χ4n) is 5.96. The highest BCUT2D eigenvalue weighted by molar-refractivity contribution is 7.86. The van der Waals surface area contributed by atoms with Gasteiger partial charge in [0, 0.05) is 79.9 Å². The summed E-state index contributed by atoms with van der Waals surface area (Å²) >= 11 is 14.3. The van der Waals surface area contributed by atoms with Gasteiger partial charge in [-0.2, -0.15) is 0 Å². The molecule has 4 aromatic rings. The van der Waals surface area contributed by atoms with Crippen LogP contribution in [0.3, 0.4) is 0 Å². The van der Waals surface area contributed by atoms with Crippen LogP contribution in [-0.2, 0) is 21.8 Å². The number of halogens is 2. The first-order valence-electron chi connectivity index (χ1n) is 18.0. The van der Waals surface area contributed by atoms with E-state index in [1.54, 1.807) is 14.2 Å². The monoisotopic (exact) mass is 817 g/mol. The molecule has 0 unspecified atom stereocenters. The molecule has 0 saturated heterocycles. The Bertz CT molecular complexity index is 1810. The van der Waals surface area contributed by atoms with Gasteiger partial charge in [-0.15, -0.1) is 0 Å². The van der Waals surface area contributed by atoms with Crippen molar-refractivity contribution in [1.82, 2.24) is 14.7 Å². The van der Waals surface area contributed by atoms with Crippen molar-refractivity contribution in [2.75, 3.05) is 33.2 Å². The summed E-state index contributed by atoms with van der Waals surface area (Å²) in [5, 5.41) is 20.0. The number of ether oxygens (including phenoxy) is 2. The first-order valence-corrected chi connectivity index (χ1v) is 21.2. The maximum absolute atomic E-state index is 13.2. The van der Waals surface area contributed by atoms with Gasteiger partial charge < -0.3 is 19.7 Å². The fourth-order valence-corrected chi connectivity index (χ4v) is 8.68. The molecule has 0 aliphatic rings. The molecule has 54 heavy (non-hydrogen) atoms. The van der Waals surface area contributed by atoms with Crippen LogP contribution in [0.1, 0.15) is 90.3 Å². The van der Waals surface area contributed by atoms with Crippen molar-refractivity contribution in [3.8, 4) is 45.4 Å². The number of benzene rings is 2. The van der Waals surface area contributed by atoms with E-state index >= 15 is 0 Å². The van der Waals surface area contributed by atoms with E-state index in [4.69, 9.17) is 42.6 Å². The Morgan fingerprint density at radius 3 is 1.61 bits per heavy atom. The summed E-state index contributed by atoms with van der Waals surface area (Å²) in [7, 11) is 0.633. The molecule has 0 fully saturated rings. The quantitative estimate of drug-likeness (QED) is 0.0963. The third-order valence-electron chi connectivity index (χ3n) is 9.02. The molecule has 3 N–H and O–H groups in total. The molecule has 2 aromatic heterocycles. The molecule has 0 saturated carbocycles. The molecule has 13 heteroatoms. The number of aromatic nitrogens is 2. The van der Waals surface area contributed by atoms with Crippen LogP contribution in [0.25, 0.3) is 33.6 Å². The van der Waals surface area contributed by atoms with Crippen molar-refractivity contribution in [3.63, 3.8) is 0 Å². The van der Waals surface area contributed by atoms with Crippen molar-refractivity contribution in [2.24, 2.45) is 0 Å². The fraction of sp³-hybridized carbons (Fsp3) is 0.463. The molecule has 2 heterocycles. The highest BCUT2D eigenvalue weighted by atomic mass is 35.5. The lowest BCUT2D eigenvalue weighted by Crippen LogP contribution is -2.36. The Hall–Kier alpha value is -2.90. The van der Waals surface area contributed by atoms with E-state index < -0.39 is 26.5 Å². The minimum Gasteiger partial charge on any atom is -0.481 e. The van der Waals surface area contributed by atoms with Crippen LogP contribution in [-0.4, -0.2) is 71.3 Å². The van der Waals surface area contributed by atoms with Gasteiger partial charge in [0.05, 0.1) is 51.4 Å². The first-order chi connectivity index (χ1) is 25.5. The number of hydrogen-bond acceptors (Lipinski definition) is 8. The molecule has 9 nitrogen and oxygen atoms in total. The highest BCUT2D eigenvalue weighted by Gasteiger charge is 2.28. The molecule has 294 valence electrons. The van der Waals surface area contributed by atoms with E-state index in [1.165, 1.54) is 0 Å². The normalized spacial score (nSPS) is 14.4. The number of pyridine rings is 2. The van der Waals surface area contributed by atoms with E-state index in [-0.39, 0.29) is 29.9 Å². The maximum Gasteiger partial charge on any atom is 0.218 e. The third kappa shape index (κ3) is 10.7. The van der Waals surface area contributed by atoms with Crippen LogP contribution in [0.5, 0.6) is 11.8 Å². The van der Waals surface area contributed by atoms with Crippen LogP contribution < -0.4 is 14.2 Å². The van der Waals surface area contributed by atoms with Gasteiger partial charge in [-0.25, -0.2) is 18.9 Å². The van der Waals surface area contributed by atoms with Crippen LogP contribution >= 0.6 is 23.2 Å². The summed E-state index contributed by atoms with van der Waals surface area (Å²) in [5.41, 5.74) is 5.51. The predicted molar refractivity (Wildman–Crippen MR) is 223 cm³/mol. The predicted octanol–water partition coefficient (Wildman–Crippen LogP) is 9.07. The average molecular weight is 819 g/mol. The van der Waals surface area contributed by atoms with Crippen molar-refractivity contribution < 1.29 is 28.1 Å². The number of nitrogens with zero attached hydrogens (tertiary/aromatic N) is 2. The lowest BCUT2D eigenvalue weighted by molar-refractivity contribution is 0.277. The number of hydrogen-bond donors (Lipinski definition) is 3. The summed E-state index contributed by atoms with van der Waals surface area (Å²) < 4.78 is 40.1. The number of rotatable bonds is 17. The van der Waals surface area contributed by atoms with Crippen LogP contribution in [0.4, 0.5) is 0 Å². The molecule has 4 atom stereocenters. The standard InChI is InChI=1S/C41H53Cl2N3O6S2/c1-40(2,3)53(49)25-26(13-11-23-47)27-19-21-33(44-38(27)51-7)30-16-9-14-28(36(30)42)29-15-10-17-31(37(29)43)34-22-20-32(39(45-34)52-8)35(18-12-24-48)46-54(50)41(4,5)6/h9-10,14-17,19-22,26,35,46-48H,11-13,18,23-25H2,1-8H3/t26-,35+,53+,54-/m1/s1. The topological polar surface area (TPSA) is 131 Å². The summed E-state index contributed by atoms with van der Waals surface area (Å²) in [6.07, 6.45) is 2.25. The SMILES string of the molecule is COc1nc(-c2cccc(-c3cccc(-c4ccc([C@H](CCCO)N[S@](=O)C(C)(C)C)c(OC)n4)c3Cl)c2Cl)ccc1[C@H](CCCO)C[S@](=O)C(C)(C)C.